The first kappa shape index (κ1) is 85.0. The van der Waals surface area contributed by atoms with E-state index in [1.165, 1.54) is 6.92 Å². The first-order valence-corrected chi connectivity index (χ1v) is 32.6. The summed E-state index contributed by atoms with van der Waals surface area (Å²) in [6.07, 6.45) is -77.7. The van der Waals surface area contributed by atoms with E-state index in [4.69, 9.17) is 71.1 Å². The molecule has 0 aromatic rings. The molecule has 596 valence electrons. The van der Waals surface area contributed by atoms with Crippen LogP contribution >= 0.6 is 0 Å². The van der Waals surface area contributed by atoms with Gasteiger partial charge in [0, 0.05) is 27.2 Å². The minimum absolute atomic E-state index is 0.819. The number of nitrogens with one attached hydrogen (secondary N) is 3. The van der Waals surface area contributed by atoms with Gasteiger partial charge in [-0.2, -0.15) is 0 Å². The number of carbonyl (C=O) groups excluding carboxylic acids is 3. The number of hydrogen-bond acceptors (Lipinski definition) is 42. The van der Waals surface area contributed by atoms with Crippen molar-refractivity contribution in [1.29, 1.82) is 0 Å². The average molecular weight is 1510 g/mol. The highest BCUT2D eigenvalue weighted by atomic mass is 16.8. The Morgan fingerprint density at radius 2 is 0.806 bits per heavy atom. The molecule has 1 unspecified atom stereocenters. The molecule has 41 atom stereocenters. The van der Waals surface area contributed by atoms with Crippen molar-refractivity contribution >= 4 is 23.7 Å². The average Bonchev–Trinajstić information content (AvgIpc) is 0.767. The SMILES string of the molecule is CC(=O)N[C@H]1[C@H](O[C@H]2[C@@H](O)[C@@H](CO)O[C@@H](O[C@H]3[C@H](O[C@@H]4O[C@@H](C)[C@@H](O)[C@@H](O)[C@@H]4O)[C@@H](NC(C)=O)[C@H](O[C@H]4[C@@H](O)[C@@H](CO)O[C@@H](O[C@H]5[C@H](O)[C@@H](O)C(O)O[C@@H]5CO)[C@@H]4O)O[C@@H]3CO)[C@@H]2O)O[C@H](CO)[C@@H](O[C@@H]2O[C@H](CO[C@]3(C(=O)O)C[C@H](O)[C@@H](NC(C)=O)[C@H]([C@H](O)[C@H](O)CO)O3)[C@H](O)[C@H](O)[C@H]2O)[C@@H]1O. The number of aliphatic hydroxyl groups excluding tert-OH is 23. The summed E-state index contributed by atoms with van der Waals surface area (Å²) in [5, 5.41) is 269. The Hall–Kier alpha value is -3.64. The second kappa shape index (κ2) is 36.3. The minimum atomic E-state index is -3.04. The molecule has 0 saturated carbocycles. The Balaban J connectivity index is 1.05. The molecule has 103 heavy (non-hydrogen) atoms. The Labute approximate surface area is 582 Å². The fourth-order valence-electron chi connectivity index (χ4n) is 13.2. The Kier molecular flexibility index (Phi) is 29.9. The number of carbonyl (C=O) groups is 4. The van der Waals surface area contributed by atoms with Crippen LogP contribution < -0.4 is 16.0 Å². The van der Waals surface area contributed by atoms with Crippen molar-refractivity contribution in [2.24, 2.45) is 0 Å². The van der Waals surface area contributed by atoms with E-state index in [-0.39, 0.29) is 0 Å². The quantitative estimate of drug-likeness (QED) is 0.0363. The van der Waals surface area contributed by atoms with Crippen LogP contribution in [0.25, 0.3) is 0 Å². The van der Waals surface area contributed by atoms with Crippen LogP contribution in [0.1, 0.15) is 34.1 Å². The molecule has 0 spiro atoms. The van der Waals surface area contributed by atoms with Crippen molar-refractivity contribution < 1.29 is 213 Å². The topological polar surface area (TPSA) is 728 Å². The summed E-state index contributed by atoms with van der Waals surface area (Å²) in [5.41, 5.74) is 0. The molecular formula is C57H95N3O43. The fraction of sp³-hybridized carbons (Fsp3) is 0.930. The molecule has 46 heteroatoms. The molecule has 0 radical (unpaired) electrons. The summed E-state index contributed by atoms with van der Waals surface area (Å²) in [6, 6.07) is -5.60. The molecule has 0 aromatic heterocycles. The van der Waals surface area contributed by atoms with E-state index in [0.717, 1.165) is 20.8 Å². The third kappa shape index (κ3) is 18.5. The van der Waals surface area contributed by atoms with Gasteiger partial charge >= 0.3 is 5.97 Å². The van der Waals surface area contributed by atoms with Crippen molar-refractivity contribution in [1.82, 2.24) is 16.0 Å². The first-order chi connectivity index (χ1) is 48.5. The van der Waals surface area contributed by atoms with Crippen LogP contribution in [0.5, 0.6) is 0 Å². The molecule has 3 amide bonds. The van der Waals surface area contributed by atoms with Crippen LogP contribution in [0.2, 0.25) is 0 Å². The molecular weight excluding hydrogens is 1410 g/mol. The van der Waals surface area contributed by atoms with Crippen molar-refractivity contribution in [3.05, 3.63) is 0 Å². The number of aliphatic hydroxyl groups is 23. The summed E-state index contributed by atoms with van der Waals surface area (Å²) >= 11 is 0. The number of aliphatic carboxylic acids is 1. The van der Waals surface area contributed by atoms with Crippen LogP contribution in [0.4, 0.5) is 0 Å². The van der Waals surface area contributed by atoms with Gasteiger partial charge in [0.15, 0.2) is 44.0 Å². The second-order valence-electron chi connectivity index (χ2n) is 26.0. The molecule has 0 bridgehead atoms. The normalized spacial score (nSPS) is 48.3. The van der Waals surface area contributed by atoms with Gasteiger partial charge in [-0.3, -0.25) is 14.4 Å². The molecule has 8 heterocycles. The number of carboxylic acid groups (broad SMARTS) is 1. The lowest BCUT2D eigenvalue weighted by Crippen LogP contribution is -2.72. The van der Waals surface area contributed by atoms with Crippen LogP contribution in [0.15, 0.2) is 0 Å². The number of amides is 3. The van der Waals surface area contributed by atoms with E-state index in [1.54, 1.807) is 0 Å². The van der Waals surface area contributed by atoms with Gasteiger partial charge in [-0.15, -0.1) is 0 Å². The highest BCUT2D eigenvalue weighted by molar-refractivity contribution is 5.77. The molecule has 8 fully saturated rings. The molecule has 8 saturated heterocycles. The second-order valence-corrected chi connectivity index (χ2v) is 26.0. The fourth-order valence-corrected chi connectivity index (χ4v) is 13.2. The third-order valence-corrected chi connectivity index (χ3v) is 18.8. The Bertz CT molecular complexity index is 2730. The van der Waals surface area contributed by atoms with Crippen molar-refractivity contribution in [2.75, 3.05) is 46.2 Å². The minimum Gasteiger partial charge on any atom is -0.477 e. The lowest BCUT2D eigenvalue weighted by Gasteiger charge is -2.52. The number of ether oxygens (including phenoxy) is 15. The summed E-state index contributed by atoms with van der Waals surface area (Å²) in [6.45, 7) is -3.88. The monoisotopic (exact) mass is 1510 g/mol. The largest absolute Gasteiger partial charge is 0.477 e. The standard InChI is InChI=1S/C57H95N3O43/c1-13-28(72)34(78)38(82)52(90-13)100-46-27(60-16(4)69)51(102-48-32(76)19(7-62)92-54(40(48)84)98-43-21(9-64)91-49(86)37(81)36(43)80)95-23(11-66)44(46)99-55-41(85)47(31(75)20(8-63)93-55)101-50-26(59-15(3)68)33(77)42(22(10-65)94-50)97-53-39(83)35(79)30(74)24(96-53)12-89-57(56(87)88)5-17(70)25(58-14(2)67)45(103-57)29(73)18(71)6-61/h13,17-55,61-66,70-86H,5-12H2,1-4H3,(H,58,67)(H,59,68)(H,60,69)(H,87,88)/t13-,17-,18+,19+,20+,21+,22+,23+,24+,25+,26+,27+,28+,29+,30-,31-,32-,33+,34+,35-,36+,37+,38-,39+,40+,41+,42+,43+,44+,45+,46+,47-,48-,49?,50-,51-,52-,53-,54-,55-,57+/m0/s1. The zero-order chi connectivity index (χ0) is 76.3. The van der Waals surface area contributed by atoms with E-state index in [9.17, 15) is 142 Å². The summed E-state index contributed by atoms with van der Waals surface area (Å²) in [7, 11) is 0. The number of carboxylic acids is 1. The van der Waals surface area contributed by atoms with E-state index >= 15 is 0 Å². The van der Waals surface area contributed by atoms with Gasteiger partial charge in [-0.05, 0) is 6.92 Å². The zero-order valence-electron chi connectivity index (χ0n) is 55.2. The highest BCUT2D eigenvalue weighted by Crippen LogP contribution is 2.41. The van der Waals surface area contributed by atoms with Gasteiger partial charge in [0.05, 0.1) is 64.5 Å². The highest BCUT2D eigenvalue weighted by Gasteiger charge is 2.62. The maximum atomic E-state index is 13.3. The van der Waals surface area contributed by atoms with Crippen LogP contribution in [0.3, 0.4) is 0 Å². The maximum Gasteiger partial charge on any atom is 0.364 e. The van der Waals surface area contributed by atoms with E-state index < -0.39 is 327 Å². The van der Waals surface area contributed by atoms with Crippen molar-refractivity contribution in [2.45, 2.75) is 285 Å². The van der Waals surface area contributed by atoms with E-state index in [0.29, 0.717) is 0 Å². The predicted octanol–water partition coefficient (Wildman–Crippen LogP) is -17.8. The van der Waals surface area contributed by atoms with Gasteiger partial charge in [-0.25, -0.2) is 4.79 Å². The summed E-state index contributed by atoms with van der Waals surface area (Å²) in [4.78, 5) is 51.2. The van der Waals surface area contributed by atoms with Gasteiger partial charge < -0.3 is 210 Å². The summed E-state index contributed by atoms with van der Waals surface area (Å²) < 4.78 is 87.6. The zero-order valence-corrected chi connectivity index (χ0v) is 55.2. The van der Waals surface area contributed by atoms with Crippen molar-refractivity contribution in [3.8, 4) is 0 Å². The van der Waals surface area contributed by atoms with Gasteiger partial charge in [0.2, 0.25) is 17.7 Å². The van der Waals surface area contributed by atoms with Gasteiger partial charge in [0.25, 0.3) is 5.79 Å². The first-order valence-electron chi connectivity index (χ1n) is 32.6. The van der Waals surface area contributed by atoms with Gasteiger partial charge in [0.1, 0.15) is 183 Å². The number of hydrogen-bond donors (Lipinski definition) is 27. The van der Waals surface area contributed by atoms with Gasteiger partial charge in [-0.1, -0.05) is 0 Å². The van der Waals surface area contributed by atoms with Crippen LogP contribution in [0, 0.1) is 0 Å². The Morgan fingerprint density at radius 1 is 0.408 bits per heavy atom. The lowest BCUT2D eigenvalue weighted by atomic mass is 9.88. The number of rotatable bonds is 27. The summed E-state index contributed by atoms with van der Waals surface area (Å²) in [5.74, 6) is -7.83. The molecule has 46 nitrogen and oxygen atoms in total. The molecule has 8 rings (SSSR count). The molecule has 0 aliphatic carbocycles. The van der Waals surface area contributed by atoms with Crippen molar-refractivity contribution in [3.63, 3.8) is 0 Å². The van der Waals surface area contributed by atoms with Crippen LogP contribution in [-0.4, -0.2) is 444 Å². The smallest absolute Gasteiger partial charge is 0.364 e. The Morgan fingerprint density at radius 3 is 1.30 bits per heavy atom. The van der Waals surface area contributed by atoms with Crippen LogP contribution in [-0.2, 0) is 90.2 Å². The van der Waals surface area contributed by atoms with E-state index in [1.807, 2.05) is 0 Å². The maximum absolute atomic E-state index is 13.3. The molecule has 27 N–H and O–H groups in total. The van der Waals surface area contributed by atoms with E-state index in [2.05, 4.69) is 16.0 Å². The lowest BCUT2D eigenvalue weighted by molar-refractivity contribution is -0.397. The molecule has 0 aromatic carbocycles. The molecule has 8 aliphatic rings. The third-order valence-electron chi connectivity index (χ3n) is 18.8. The molecule has 8 aliphatic heterocycles. The predicted molar refractivity (Wildman–Crippen MR) is 315 cm³/mol.